The van der Waals surface area contributed by atoms with Gasteiger partial charge in [0.2, 0.25) is 5.92 Å². The fourth-order valence-corrected chi connectivity index (χ4v) is 2.88. The van der Waals surface area contributed by atoms with Gasteiger partial charge in [0.05, 0.1) is 7.11 Å². The molecule has 1 aliphatic carbocycles. The van der Waals surface area contributed by atoms with Gasteiger partial charge in [0.1, 0.15) is 0 Å². The summed E-state index contributed by atoms with van der Waals surface area (Å²) >= 11 is 1.29. The SMILES string of the molecule is COc1ncc(C2(CN)CC(F)(F)C2)s1. The first-order valence-electron chi connectivity index (χ1n) is 4.60. The van der Waals surface area contributed by atoms with E-state index in [0.29, 0.717) is 5.19 Å². The Bertz CT molecular complexity index is 359. The van der Waals surface area contributed by atoms with Crippen molar-refractivity contribution < 1.29 is 13.5 Å². The van der Waals surface area contributed by atoms with Crippen LogP contribution in [0.1, 0.15) is 17.7 Å². The Morgan fingerprint density at radius 2 is 2.27 bits per heavy atom. The molecule has 84 valence electrons. The van der Waals surface area contributed by atoms with Crippen LogP contribution in [0.25, 0.3) is 0 Å². The second-order valence-electron chi connectivity index (χ2n) is 3.89. The molecule has 1 aromatic rings. The highest BCUT2D eigenvalue weighted by atomic mass is 32.1. The van der Waals surface area contributed by atoms with E-state index < -0.39 is 11.3 Å². The summed E-state index contributed by atoms with van der Waals surface area (Å²) in [5.41, 5.74) is 4.99. The van der Waals surface area contributed by atoms with Gasteiger partial charge in [-0.15, -0.1) is 0 Å². The van der Waals surface area contributed by atoms with E-state index >= 15 is 0 Å². The highest BCUT2D eigenvalue weighted by Gasteiger charge is 2.57. The summed E-state index contributed by atoms with van der Waals surface area (Å²) in [4.78, 5) is 4.77. The Labute approximate surface area is 90.3 Å². The number of nitrogens with two attached hydrogens (primary N) is 1. The zero-order valence-electron chi connectivity index (χ0n) is 8.30. The lowest BCUT2D eigenvalue weighted by Gasteiger charge is -2.45. The molecule has 1 fully saturated rings. The van der Waals surface area contributed by atoms with Crippen LogP contribution in [0.3, 0.4) is 0 Å². The Morgan fingerprint density at radius 3 is 2.67 bits per heavy atom. The molecule has 0 atom stereocenters. The van der Waals surface area contributed by atoms with Crippen molar-refractivity contribution >= 4 is 11.3 Å². The molecule has 0 radical (unpaired) electrons. The maximum Gasteiger partial charge on any atom is 0.273 e. The van der Waals surface area contributed by atoms with Crippen molar-refractivity contribution in [2.75, 3.05) is 13.7 Å². The first kappa shape index (κ1) is 10.8. The predicted molar refractivity (Wildman–Crippen MR) is 53.6 cm³/mol. The Morgan fingerprint density at radius 1 is 1.60 bits per heavy atom. The van der Waals surface area contributed by atoms with Crippen LogP contribution in [0.4, 0.5) is 8.78 Å². The summed E-state index contributed by atoms with van der Waals surface area (Å²) in [7, 11) is 1.51. The summed E-state index contributed by atoms with van der Waals surface area (Å²) in [6.45, 7) is 0.230. The number of hydrogen-bond donors (Lipinski definition) is 1. The lowest BCUT2D eigenvalue weighted by atomic mass is 9.65. The smallest absolute Gasteiger partial charge is 0.273 e. The van der Waals surface area contributed by atoms with Crippen LogP contribution >= 0.6 is 11.3 Å². The van der Waals surface area contributed by atoms with Crippen LogP contribution in [0.2, 0.25) is 0 Å². The van der Waals surface area contributed by atoms with Crippen LogP contribution in [0.5, 0.6) is 5.19 Å². The number of halogens is 2. The van der Waals surface area contributed by atoms with Crippen molar-refractivity contribution in [3.05, 3.63) is 11.1 Å². The number of hydrogen-bond acceptors (Lipinski definition) is 4. The third kappa shape index (κ3) is 1.72. The van der Waals surface area contributed by atoms with Gasteiger partial charge < -0.3 is 10.5 Å². The van der Waals surface area contributed by atoms with Crippen LogP contribution in [-0.2, 0) is 5.41 Å². The molecular formula is C9H12F2N2OS. The van der Waals surface area contributed by atoms with Gasteiger partial charge in [-0.05, 0) is 0 Å². The largest absolute Gasteiger partial charge is 0.473 e. The highest BCUT2D eigenvalue weighted by molar-refractivity contribution is 7.13. The predicted octanol–water partition coefficient (Wildman–Crippen LogP) is 1.78. The van der Waals surface area contributed by atoms with E-state index in [4.69, 9.17) is 10.5 Å². The number of aromatic nitrogens is 1. The summed E-state index contributed by atoms with van der Waals surface area (Å²) in [5, 5.41) is 0.494. The molecule has 1 aromatic heterocycles. The average molecular weight is 234 g/mol. The molecule has 6 heteroatoms. The monoisotopic (exact) mass is 234 g/mol. The van der Waals surface area contributed by atoms with E-state index in [-0.39, 0.29) is 19.4 Å². The summed E-state index contributed by atoms with van der Waals surface area (Å²) in [5.74, 6) is -2.57. The summed E-state index contributed by atoms with van der Waals surface area (Å²) < 4.78 is 30.7. The third-order valence-electron chi connectivity index (χ3n) is 2.77. The minimum Gasteiger partial charge on any atom is -0.473 e. The van der Waals surface area contributed by atoms with Crippen molar-refractivity contribution in [3.8, 4) is 5.19 Å². The van der Waals surface area contributed by atoms with Gasteiger partial charge in [0, 0.05) is 35.9 Å². The summed E-state index contributed by atoms with van der Waals surface area (Å²) in [6, 6.07) is 0. The molecule has 2 rings (SSSR count). The lowest BCUT2D eigenvalue weighted by molar-refractivity contribution is -0.122. The first-order valence-corrected chi connectivity index (χ1v) is 5.41. The van der Waals surface area contributed by atoms with Crippen LogP contribution < -0.4 is 10.5 Å². The van der Waals surface area contributed by atoms with Crippen LogP contribution in [-0.4, -0.2) is 24.6 Å². The molecule has 0 aromatic carbocycles. The van der Waals surface area contributed by atoms with E-state index in [1.807, 2.05) is 0 Å². The highest BCUT2D eigenvalue weighted by Crippen LogP contribution is 2.54. The molecule has 1 aliphatic rings. The second kappa shape index (κ2) is 3.38. The number of methoxy groups -OCH3 is 1. The lowest BCUT2D eigenvalue weighted by Crippen LogP contribution is -2.53. The molecule has 2 N–H and O–H groups in total. The van der Waals surface area contributed by atoms with Gasteiger partial charge in [0.25, 0.3) is 5.19 Å². The minimum absolute atomic E-state index is 0.179. The van der Waals surface area contributed by atoms with Gasteiger partial charge in [-0.2, -0.15) is 0 Å². The Balaban J connectivity index is 2.21. The quantitative estimate of drug-likeness (QED) is 0.867. The van der Waals surface area contributed by atoms with E-state index in [9.17, 15) is 8.78 Å². The molecule has 0 saturated heterocycles. The zero-order valence-corrected chi connectivity index (χ0v) is 9.11. The number of alkyl halides is 2. The minimum atomic E-state index is -2.57. The van der Waals surface area contributed by atoms with Crippen LogP contribution in [0, 0.1) is 0 Å². The van der Waals surface area contributed by atoms with Gasteiger partial charge in [-0.25, -0.2) is 13.8 Å². The fourth-order valence-electron chi connectivity index (χ4n) is 1.96. The van der Waals surface area contributed by atoms with Gasteiger partial charge >= 0.3 is 0 Å². The van der Waals surface area contributed by atoms with Gasteiger partial charge in [-0.3, -0.25) is 0 Å². The number of ether oxygens (including phenoxy) is 1. The van der Waals surface area contributed by atoms with Crippen molar-refractivity contribution in [2.45, 2.75) is 24.2 Å². The van der Waals surface area contributed by atoms with Crippen molar-refractivity contribution in [2.24, 2.45) is 5.73 Å². The van der Waals surface area contributed by atoms with E-state index in [2.05, 4.69) is 4.98 Å². The molecule has 0 unspecified atom stereocenters. The Hall–Kier alpha value is -0.750. The molecule has 0 amide bonds. The van der Waals surface area contributed by atoms with Crippen molar-refractivity contribution in [1.29, 1.82) is 0 Å². The van der Waals surface area contributed by atoms with E-state index in [1.54, 1.807) is 6.20 Å². The fraction of sp³-hybridized carbons (Fsp3) is 0.667. The normalized spacial score (nSPS) is 22.1. The number of thiazole rings is 1. The zero-order chi connectivity index (χ0) is 11.1. The first-order chi connectivity index (χ1) is 7.01. The van der Waals surface area contributed by atoms with Crippen molar-refractivity contribution in [3.63, 3.8) is 0 Å². The third-order valence-corrected chi connectivity index (χ3v) is 3.97. The van der Waals surface area contributed by atoms with Crippen molar-refractivity contribution in [1.82, 2.24) is 4.98 Å². The van der Waals surface area contributed by atoms with E-state index in [1.165, 1.54) is 18.4 Å². The van der Waals surface area contributed by atoms with Gasteiger partial charge in [-0.1, -0.05) is 11.3 Å². The standard InChI is InChI=1S/C9H12F2N2OS/c1-14-7-13-2-6(15-7)8(5-12)3-9(10,11)4-8/h2H,3-5,12H2,1H3. The maximum atomic E-state index is 12.9. The van der Waals surface area contributed by atoms with E-state index in [0.717, 1.165) is 4.88 Å². The molecule has 3 nitrogen and oxygen atoms in total. The molecule has 0 bridgehead atoms. The van der Waals surface area contributed by atoms with Crippen LogP contribution in [0.15, 0.2) is 6.20 Å². The maximum absolute atomic E-state index is 12.9. The molecule has 0 aliphatic heterocycles. The second-order valence-corrected chi connectivity index (χ2v) is 4.88. The summed E-state index contributed by atoms with van der Waals surface area (Å²) in [6.07, 6.45) is 1.23. The number of nitrogens with zero attached hydrogens (tertiary/aromatic N) is 1. The average Bonchev–Trinajstić information content (AvgIpc) is 2.61. The number of rotatable bonds is 3. The molecule has 0 spiro atoms. The Kier molecular flexibility index (Phi) is 2.42. The van der Waals surface area contributed by atoms with Gasteiger partial charge in [0.15, 0.2) is 0 Å². The molecule has 1 saturated carbocycles. The molecular weight excluding hydrogens is 222 g/mol. The molecule has 15 heavy (non-hydrogen) atoms. The topological polar surface area (TPSA) is 48.1 Å². The molecule has 1 heterocycles.